The predicted octanol–water partition coefficient (Wildman–Crippen LogP) is 2.74. The second kappa shape index (κ2) is 7.21. The summed E-state index contributed by atoms with van der Waals surface area (Å²) in [6, 6.07) is 0. The fourth-order valence-electron chi connectivity index (χ4n) is 3.46. The van der Waals surface area contributed by atoms with Gasteiger partial charge in [0.2, 0.25) is 5.91 Å². The average molecular weight is 350 g/mol. The van der Waals surface area contributed by atoms with Crippen LogP contribution < -0.4 is 0 Å². The van der Waals surface area contributed by atoms with Gasteiger partial charge < -0.3 is 14.5 Å². The van der Waals surface area contributed by atoms with Gasteiger partial charge in [-0.25, -0.2) is 4.79 Å². The normalized spacial score (nSPS) is 25.7. The minimum absolute atomic E-state index is 0.109. The molecule has 0 radical (unpaired) electrons. The molecule has 0 spiro atoms. The Balaban J connectivity index is 1.76. The van der Waals surface area contributed by atoms with Crippen molar-refractivity contribution in [3.8, 4) is 0 Å². The molecule has 0 saturated carbocycles. The smallest absolute Gasteiger partial charge is 0.337 e. The van der Waals surface area contributed by atoms with Gasteiger partial charge in [0.15, 0.2) is 0 Å². The molecule has 0 N–H and O–H groups in total. The number of rotatable bonds is 3. The number of hydrogen-bond acceptors (Lipinski definition) is 5. The summed E-state index contributed by atoms with van der Waals surface area (Å²) in [6.45, 7) is 8.26. The maximum Gasteiger partial charge on any atom is 0.337 e. The van der Waals surface area contributed by atoms with Crippen LogP contribution in [-0.2, 0) is 14.3 Å². The zero-order chi connectivity index (χ0) is 17.3. The highest BCUT2D eigenvalue weighted by Gasteiger charge is 2.39. The first kappa shape index (κ1) is 17.4. The molecule has 0 aromatic heterocycles. The van der Waals surface area contributed by atoms with Crippen LogP contribution in [0.2, 0.25) is 0 Å². The van der Waals surface area contributed by atoms with Crippen LogP contribution in [0.3, 0.4) is 0 Å². The van der Waals surface area contributed by atoms with Crippen molar-refractivity contribution >= 4 is 23.6 Å². The van der Waals surface area contributed by atoms with Gasteiger partial charge in [0.05, 0.1) is 16.7 Å². The van der Waals surface area contributed by atoms with E-state index in [2.05, 4.69) is 4.90 Å². The highest BCUT2D eigenvalue weighted by atomic mass is 32.2. The molecular weight excluding hydrogens is 324 g/mol. The number of carbonyl (C=O) groups excluding carboxylic acids is 2. The largest absolute Gasteiger partial charge is 0.460 e. The van der Waals surface area contributed by atoms with Gasteiger partial charge in [-0.1, -0.05) is 6.92 Å². The molecule has 5 nitrogen and oxygen atoms in total. The number of likely N-dealkylation sites (tertiary alicyclic amines) is 1. The van der Waals surface area contributed by atoms with Gasteiger partial charge in [-0.05, 0) is 33.1 Å². The lowest BCUT2D eigenvalue weighted by molar-refractivity contribution is -0.143. The molecule has 0 aromatic rings. The summed E-state index contributed by atoms with van der Waals surface area (Å²) in [5, 5.41) is 0.978. The lowest BCUT2D eigenvalue weighted by Crippen LogP contribution is -2.35. The van der Waals surface area contributed by atoms with Gasteiger partial charge in [-0.15, -0.1) is 11.8 Å². The number of esters is 1. The molecule has 3 aliphatic rings. The van der Waals surface area contributed by atoms with E-state index >= 15 is 0 Å². The molecule has 24 heavy (non-hydrogen) atoms. The molecule has 0 bridgehead atoms. The van der Waals surface area contributed by atoms with Gasteiger partial charge in [0.25, 0.3) is 0 Å². The number of ether oxygens (including phenoxy) is 1. The summed E-state index contributed by atoms with van der Waals surface area (Å²) in [5.41, 5.74) is 1.78. The monoisotopic (exact) mass is 350 g/mol. The molecule has 3 rings (SSSR count). The molecule has 2 saturated heterocycles. The summed E-state index contributed by atoms with van der Waals surface area (Å²) < 4.78 is 5.39. The van der Waals surface area contributed by atoms with Crippen molar-refractivity contribution < 1.29 is 14.3 Å². The number of hydrogen-bond donors (Lipinski definition) is 0. The third kappa shape index (κ3) is 3.48. The van der Waals surface area contributed by atoms with E-state index in [1.54, 1.807) is 17.8 Å². The molecule has 2 fully saturated rings. The Bertz CT molecular complexity index is 591. The molecule has 0 aliphatic carbocycles. The maximum absolute atomic E-state index is 12.5. The topological polar surface area (TPSA) is 49.9 Å². The van der Waals surface area contributed by atoms with E-state index in [1.807, 2.05) is 25.7 Å². The first-order valence-electron chi connectivity index (χ1n) is 8.82. The standard InChI is InChI=1S/C18H26N2O3S/c1-12(2)23-18(22)16-13(3)10-20-14(11-24-17(16)20)9-15(21)19-7-5-4-6-8-19/h9,12-13H,4-8,10-11H2,1-3H3. The van der Waals surface area contributed by atoms with Crippen LogP contribution in [-0.4, -0.2) is 53.2 Å². The molecule has 3 aliphatic heterocycles. The summed E-state index contributed by atoms with van der Waals surface area (Å²) >= 11 is 1.64. The molecule has 1 atom stereocenters. The zero-order valence-electron chi connectivity index (χ0n) is 14.7. The van der Waals surface area contributed by atoms with E-state index in [-0.39, 0.29) is 23.9 Å². The first-order valence-corrected chi connectivity index (χ1v) is 9.81. The lowest BCUT2D eigenvalue weighted by atomic mass is 10.1. The minimum Gasteiger partial charge on any atom is -0.460 e. The van der Waals surface area contributed by atoms with E-state index in [9.17, 15) is 9.59 Å². The lowest BCUT2D eigenvalue weighted by Gasteiger charge is -2.26. The van der Waals surface area contributed by atoms with Crippen LogP contribution in [0.4, 0.5) is 0 Å². The summed E-state index contributed by atoms with van der Waals surface area (Å²) in [7, 11) is 0. The first-order chi connectivity index (χ1) is 11.5. The fraction of sp³-hybridized carbons (Fsp3) is 0.667. The van der Waals surface area contributed by atoms with Crippen LogP contribution in [0.15, 0.2) is 22.4 Å². The third-order valence-corrected chi connectivity index (χ3v) is 5.80. The van der Waals surface area contributed by atoms with Crippen LogP contribution in [0.5, 0.6) is 0 Å². The predicted molar refractivity (Wildman–Crippen MR) is 95.1 cm³/mol. The molecule has 1 unspecified atom stereocenters. The minimum atomic E-state index is -0.217. The zero-order valence-corrected chi connectivity index (χ0v) is 15.5. The molecule has 1 amide bonds. The Hall–Kier alpha value is -1.43. The van der Waals surface area contributed by atoms with Crippen LogP contribution >= 0.6 is 11.8 Å². The van der Waals surface area contributed by atoms with Gasteiger partial charge >= 0.3 is 5.97 Å². The second-order valence-electron chi connectivity index (χ2n) is 6.99. The van der Waals surface area contributed by atoms with Crippen molar-refractivity contribution in [2.24, 2.45) is 5.92 Å². The SMILES string of the molecule is CC(C)OC(=O)C1=C2SCC(=CC(=O)N3CCCCC3)N2CC1C. The average Bonchev–Trinajstić information content (AvgIpc) is 3.06. The Kier molecular flexibility index (Phi) is 5.23. The van der Waals surface area contributed by atoms with Crippen molar-refractivity contribution in [1.29, 1.82) is 0 Å². The second-order valence-corrected chi connectivity index (χ2v) is 7.96. The number of carbonyl (C=O) groups is 2. The highest BCUT2D eigenvalue weighted by Crippen LogP contribution is 2.45. The Morgan fingerprint density at radius 3 is 2.62 bits per heavy atom. The number of amides is 1. The Labute approximate surface area is 148 Å². The molecular formula is C18H26N2O3S. The molecule has 0 aromatic carbocycles. The quantitative estimate of drug-likeness (QED) is 0.579. The van der Waals surface area contributed by atoms with Gasteiger partial charge in [-0.3, -0.25) is 4.79 Å². The van der Waals surface area contributed by atoms with Crippen molar-refractivity contribution in [3.63, 3.8) is 0 Å². The Morgan fingerprint density at radius 1 is 1.25 bits per heavy atom. The van der Waals surface area contributed by atoms with Crippen molar-refractivity contribution in [2.75, 3.05) is 25.4 Å². The van der Waals surface area contributed by atoms with E-state index < -0.39 is 0 Å². The van der Waals surface area contributed by atoms with Gasteiger partial charge in [0.1, 0.15) is 0 Å². The van der Waals surface area contributed by atoms with Crippen LogP contribution in [0.1, 0.15) is 40.0 Å². The molecule has 132 valence electrons. The number of piperidine rings is 1. The number of thioether (sulfide) groups is 1. The van der Waals surface area contributed by atoms with Gasteiger partial charge in [-0.2, -0.15) is 0 Å². The summed E-state index contributed by atoms with van der Waals surface area (Å²) in [5.74, 6) is 0.774. The molecule has 3 heterocycles. The third-order valence-electron chi connectivity index (χ3n) is 4.65. The van der Waals surface area contributed by atoms with Crippen molar-refractivity contribution in [1.82, 2.24) is 9.80 Å². The highest BCUT2D eigenvalue weighted by molar-refractivity contribution is 8.03. The van der Waals surface area contributed by atoms with Crippen LogP contribution in [0, 0.1) is 5.92 Å². The Morgan fingerprint density at radius 2 is 1.96 bits per heavy atom. The number of fused-ring (bicyclic) bond motifs is 1. The van der Waals surface area contributed by atoms with Gasteiger partial charge in [0, 0.05) is 43.1 Å². The van der Waals surface area contributed by atoms with E-state index in [4.69, 9.17) is 4.74 Å². The van der Waals surface area contributed by atoms with Crippen molar-refractivity contribution in [2.45, 2.75) is 46.1 Å². The van der Waals surface area contributed by atoms with E-state index in [0.29, 0.717) is 0 Å². The summed E-state index contributed by atoms with van der Waals surface area (Å²) in [6.07, 6.45) is 5.07. The van der Waals surface area contributed by atoms with Crippen LogP contribution in [0.25, 0.3) is 0 Å². The van der Waals surface area contributed by atoms with E-state index in [1.165, 1.54) is 6.42 Å². The number of nitrogens with zero attached hydrogens (tertiary/aromatic N) is 2. The van der Waals surface area contributed by atoms with Crippen molar-refractivity contribution in [3.05, 3.63) is 22.4 Å². The summed E-state index contributed by atoms with van der Waals surface area (Å²) in [4.78, 5) is 28.9. The maximum atomic E-state index is 12.5. The fourth-order valence-corrected chi connectivity index (χ4v) is 4.77. The molecule has 6 heteroatoms. The van der Waals surface area contributed by atoms with E-state index in [0.717, 1.165) is 54.5 Å².